The van der Waals surface area contributed by atoms with Crippen molar-refractivity contribution in [2.24, 2.45) is 0 Å². The standard InChI is InChI=1S/C10H16N4/c1-3-5-6-9(11-7-4-2)10-12-8-13-14-10/h1,8-9,11H,4-7H2,2H3,(H,12,13,14). The highest BCUT2D eigenvalue weighted by atomic mass is 15.2. The minimum Gasteiger partial charge on any atom is -0.307 e. The highest BCUT2D eigenvalue weighted by Crippen LogP contribution is 2.12. The highest BCUT2D eigenvalue weighted by molar-refractivity contribution is 4.94. The molecule has 1 aromatic rings. The van der Waals surface area contributed by atoms with Crippen molar-refractivity contribution in [1.82, 2.24) is 20.5 Å². The molecule has 1 aromatic heterocycles. The highest BCUT2D eigenvalue weighted by Gasteiger charge is 2.11. The fraction of sp³-hybridized carbons (Fsp3) is 0.600. The van der Waals surface area contributed by atoms with Crippen LogP contribution < -0.4 is 5.32 Å². The Morgan fingerprint density at radius 2 is 2.57 bits per heavy atom. The van der Waals surface area contributed by atoms with Gasteiger partial charge in [-0.15, -0.1) is 12.3 Å². The maximum absolute atomic E-state index is 5.23. The second kappa shape index (κ2) is 6.17. The summed E-state index contributed by atoms with van der Waals surface area (Å²) in [5.41, 5.74) is 0. The van der Waals surface area contributed by atoms with Crippen LogP contribution in [0.5, 0.6) is 0 Å². The van der Waals surface area contributed by atoms with Gasteiger partial charge in [0.15, 0.2) is 0 Å². The zero-order valence-corrected chi connectivity index (χ0v) is 8.45. The Hall–Kier alpha value is -1.34. The van der Waals surface area contributed by atoms with Crippen LogP contribution in [0.15, 0.2) is 6.33 Å². The quantitative estimate of drug-likeness (QED) is 0.667. The molecule has 0 spiro atoms. The van der Waals surface area contributed by atoms with Crippen molar-refractivity contribution in [3.8, 4) is 12.3 Å². The van der Waals surface area contributed by atoms with Crippen molar-refractivity contribution in [1.29, 1.82) is 0 Å². The molecule has 0 aliphatic carbocycles. The number of terminal acetylenes is 1. The maximum Gasteiger partial charge on any atom is 0.141 e. The van der Waals surface area contributed by atoms with Crippen LogP contribution in [0.4, 0.5) is 0 Å². The minimum absolute atomic E-state index is 0.202. The molecule has 1 heterocycles. The molecule has 0 saturated heterocycles. The molecule has 0 radical (unpaired) electrons. The smallest absolute Gasteiger partial charge is 0.141 e. The van der Waals surface area contributed by atoms with Crippen molar-refractivity contribution in [2.75, 3.05) is 6.54 Å². The van der Waals surface area contributed by atoms with E-state index in [1.54, 1.807) is 0 Å². The number of nitrogens with zero attached hydrogens (tertiary/aromatic N) is 2. The molecule has 1 unspecified atom stereocenters. The van der Waals surface area contributed by atoms with E-state index in [0.717, 1.165) is 31.6 Å². The third-order valence-electron chi connectivity index (χ3n) is 1.98. The normalized spacial score (nSPS) is 12.3. The zero-order chi connectivity index (χ0) is 10.2. The average molecular weight is 192 g/mol. The Morgan fingerprint density at radius 3 is 3.14 bits per heavy atom. The minimum atomic E-state index is 0.202. The molecule has 1 rings (SSSR count). The largest absolute Gasteiger partial charge is 0.307 e. The first-order valence-corrected chi connectivity index (χ1v) is 4.90. The summed E-state index contributed by atoms with van der Waals surface area (Å²) in [6.07, 6.45) is 9.50. The van der Waals surface area contributed by atoms with Crippen molar-refractivity contribution in [2.45, 2.75) is 32.2 Å². The molecule has 14 heavy (non-hydrogen) atoms. The molecule has 1 atom stereocenters. The van der Waals surface area contributed by atoms with E-state index in [2.05, 4.69) is 33.3 Å². The number of nitrogens with one attached hydrogen (secondary N) is 2. The van der Waals surface area contributed by atoms with Gasteiger partial charge in [0.1, 0.15) is 12.2 Å². The van der Waals surface area contributed by atoms with Gasteiger partial charge in [-0.3, -0.25) is 5.10 Å². The van der Waals surface area contributed by atoms with Gasteiger partial charge in [0, 0.05) is 6.42 Å². The number of aromatic amines is 1. The summed E-state index contributed by atoms with van der Waals surface area (Å²) in [5.74, 6) is 3.50. The van der Waals surface area contributed by atoms with Crippen LogP contribution in [-0.4, -0.2) is 21.7 Å². The molecule has 0 aliphatic heterocycles. The first kappa shape index (κ1) is 10.7. The summed E-state index contributed by atoms with van der Waals surface area (Å²) in [6.45, 7) is 3.10. The fourth-order valence-electron chi connectivity index (χ4n) is 1.26. The van der Waals surface area contributed by atoms with Gasteiger partial charge in [-0.05, 0) is 19.4 Å². The summed E-state index contributed by atoms with van der Waals surface area (Å²) >= 11 is 0. The van der Waals surface area contributed by atoms with E-state index in [1.807, 2.05) is 0 Å². The average Bonchev–Trinajstić information content (AvgIpc) is 2.71. The van der Waals surface area contributed by atoms with Gasteiger partial charge in [0.05, 0.1) is 6.04 Å². The lowest BCUT2D eigenvalue weighted by Gasteiger charge is -2.13. The van der Waals surface area contributed by atoms with E-state index in [-0.39, 0.29) is 6.04 Å². The Kier molecular flexibility index (Phi) is 4.73. The van der Waals surface area contributed by atoms with Crippen LogP contribution in [0.1, 0.15) is 38.1 Å². The van der Waals surface area contributed by atoms with Gasteiger partial charge in [-0.2, -0.15) is 5.10 Å². The topological polar surface area (TPSA) is 53.6 Å². The predicted octanol–water partition coefficient (Wildman–Crippen LogP) is 1.26. The lowest BCUT2D eigenvalue weighted by molar-refractivity contribution is 0.484. The third kappa shape index (κ3) is 3.19. The van der Waals surface area contributed by atoms with Crippen LogP contribution in [0, 0.1) is 12.3 Å². The van der Waals surface area contributed by atoms with Crippen LogP contribution in [0.2, 0.25) is 0 Å². The third-order valence-corrected chi connectivity index (χ3v) is 1.98. The first-order valence-electron chi connectivity index (χ1n) is 4.90. The van der Waals surface area contributed by atoms with E-state index < -0.39 is 0 Å². The summed E-state index contributed by atoms with van der Waals surface area (Å²) in [6, 6.07) is 0.202. The van der Waals surface area contributed by atoms with Gasteiger partial charge in [0.25, 0.3) is 0 Å². The molecular weight excluding hydrogens is 176 g/mol. The van der Waals surface area contributed by atoms with Crippen LogP contribution in [-0.2, 0) is 0 Å². The van der Waals surface area contributed by atoms with Gasteiger partial charge in [-0.1, -0.05) is 6.92 Å². The molecule has 0 aliphatic rings. The second-order valence-electron chi connectivity index (χ2n) is 3.12. The molecule has 4 heteroatoms. The molecule has 76 valence electrons. The lowest BCUT2D eigenvalue weighted by Crippen LogP contribution is -2.23. The van der Waals surface area contributed by atoms with E-state index in [4.69, 9.17) is 6.42 Å². The molecular formula is C10H16N4. The van der Waals surface area contributed by atoms with Gasteiger partial charge < -0.3 is 5.32 Å². The van der Waals surface area contributed by atoms with Crippen molar-refractivity contribution >= 4 is 0 Å². The van der Waals surface area contributed by atoms with E-state index in [0.29, 0.717) is 0 Å². The number of hydrogen-bond donors (Lipinski definition) is 2. The van der Waals surface area contributed by atoms with E-state index >= 15 is 0 Å². The van der Waals surface area contributed by atoms with Crippen LogP contribution in [0.25, 0.3) is 0 Å². The monoisotopic (exact) mass is 192 g/mol. The Labute approximate surface area is 84.5 Å². The number of hydrogen-bond acceptors (Lipinski definition) is 3. The molecule has 0 bridgehead atoms. The van der Waals surface area contributed by atoms with Gasteiger partial charge in [-0.25, -0.2) is 4.98 Å². The lowest BCUT2D eigenvalue weighted by atomic mass is 10.1. The number of rotatable bonds is 6. The molecule has 0 saturated carbocycles. The van der Waals surface area contributed by atoms with Crippen molar-refractivity contribution < 1.29 is 0 Å². The summed E-state index contributed by atoms with van der Waals surface area (Å²) in [7, 11) is 0. The zero-order valence-electron chi connectivity index (χ0n) is 8.45. The number of aromatic nitrogens is 3. The second-order valence-corrected chi connectivity index (χ2v) is 3.12. The van der Waals surface area contributed by atoms with Crippen molar-refractivity contribution in [3.63, 3.8) is 0 Å². The Balaban J connectivity index is 2.49. The Morgan fingerprint density at radius 1 is 1.71 bits per heavy atom. The van der Waals surface area contributed by atoms with Gasteiger partial charge >= 0.3 is 0 Å². The van der Waals surface area contributed by atoms with Crippen molar-refractivity contribution in [3.05, 3.63) is 12.2 Å². The molecule has 4 nitrogen and oxygen atoms in total. The van der Waals surface area contributed by atoms with Crippen LogP contribution >= 0.6 is 0 Å². The number of H-pyrrole nitrogens is 1. The van der Waals surface area contributed by atoms with E-state index in [1.165, 1.54) is 6.33 Å². The maximum atomic E-state index is 5.23. The van der Waals surface area contributed by atoms with Crippen LogP contribution in [0.3, 0.4) is 0 Å². The molecule has 2 N–H and O–H groups in total. The fourth-order valence-corrected chi connectivity index (χ4v) is 1.26. The SMILES string of the molecule is C#CCCC(NCCC)c1ncn[nH]1. The summed E-state index contributed by atoms with van der Waals surface area (Å²) < 4.78 is 0. The summed E-state index contributed by atoms with van der Waals surface area (Å²) in [5, 5.41) is 10.1. The molecule has 0 fully saturated rings. The molecule has 0 aromatic carbocycles. The predicted molar refractivity (Wildman–Crippen MR) is 55.5 cm³/mol. The Bertz CT molecular complexity index is 273. The van der Waals surface area contributed by atoms with Gasteiger partial charge in [0.2, 0.25) is 0 Å². The first-order chi connectivity index (χ1) is 6.88. The molecule has 0 amide bonds. The summed E-state index contributed by atoms with van der Waals surface area (Å²) in [4.78, 5) is 4.12. The van der Waals surface area contributed by atoms with E-state index in [9.17, 15) is 0 Å².